The molecule has 0 unspecified atom stereocenters. The summed E-state index contributed by atoms with van der Waals surface area (Å²) in [6.07, 6.45) is 3.09. The number of carboxylic acid groups (broad SMARTS) is 1. The number of aliphatic carboxylic acids is 1. The van der Waals surface area contributed by atoms with Gasteiger partial charge in [0, 0.05) is 6.42 Å². The minimum atomic E-state index is -0.968. The first-order valence-corrected chi connectivity index (χ1v) is 5.34. The smallest absolute Gasteiger partial charge is 0.326 e. The Hall–Kier alpha value is -1.10. The van der Waals surface area contributed by atoms with E-state index in [9.17, 15) is 9.59 Å². The van der Waals surface area contributed by atoms with E-state index in [1.165, 1.54) is 0 Å². The van der Waals surface area contributed by atoms with Gasteiger partial charge in [-0.25, -0.2) is 4.79 Å². The molecule has 0 bridgehead atoms. The Morgan fingerprint density at radius 2 is 2.07 bits per heavy atom. The van der Waals surface area contributed by atoms with Gasteiger partial charge in [-0.15, -0.1) is 0 Å². The van der Waals surface area contributed by atoms with Gasteiger partial charge in [0.1, 0.15) is 6.04 Å². The third-order valence-corrected chi connectivity index (χ3v) is 2.09. The van der Waals surface area contributed by atoms with Crippen molar-refractivity contribution in [3.63, 3.8) is 0 Å². The second-order valence-corrected chi connectivity index (χ2v) is 3.49. The number of carbonyl (C=O) groups excluding carboxylic acids is 1. The molecule has 5 nitrogen and oxygen atoms in total. The van der Waals surface area contributed by atoms with Crippen LogP contribution < -0.4 is 11.1 Å². The lowest BCUT2D eigenvalue weighted by Crippen LogP contribution is -2.40. The molecule has 88 valence electrons. The van der Waals surface area contributed by atoms with E-state index in [1.54, 1.807) is 0 Å². The molecule has 15 heavy (non-hydrogen) atoms. The molecule has 0 aliphatic carbocycles. The lowest BCUT2D eigenvalue weighted by Gasteiger charge is -2.13. The van der Waals surface area contributed by atoms with Crippen molar-refractivity contribution in [1.82, 2.24) is 5.32 Å². The van der Waals surface area contributed by atoms with Crippen LogP contribution in [0.15, 0.2) is 0 Å². The average Bonchev–Trinajstić information content (AvgIpc) is 2.20. The quantitative estimate of drug-likeness (QED) is 0.550. The second kappa shape index (κ2) is 8.23. The number of rotatable bonds is 8. The summed E-state index contributed by atoms with van der Waals surface area (Å²) in [5, 5.41) is 11.3. The summed E-state index contributed by atoms with van der Waals surface area (Å²) >= 11 is 0. The third kappa shape index (κ3) is 6.90. The zero-order valence-corrected chi connectivity index (χ0v) is 9.16. The number of unbranched alkanes of at least 4 members (excludes halogenated alkanes) is 1. The number of hydrogen-bond donors (Lipinski definition) is 3. The summed E-state index contributed by atoms with van der Waals surface area (Å²) in [5.41, 5.74) is 5.25. The Labute approximate surface area is 90.0 Å². The Balaban J connectivity index is 3.93. The highest BCUT2D eigenvalue weighted by Crippen LogP contribution is 2.01. The van der Waals surface area contributed by atoms with Gasteiger partial charge in [0.05, 0.1) is 0 Å². The van der Waals surface area contributed by atoms with E-state index >= 15 is 0 Å². The molecule has 0 radical (unpaired) electrons. The first kappa shape index (κ1) is 13.9. The monoisotopic (exact) mass is 216 g/mol. The Bertz CT molecular complexity index is 207. The van der Waals surface area contributed by atoms with Crippen molar-refractivity contribution in [2.75, 3.05) is 6.54 Å². The predicted octanol–water partition coefficient (Wildman–Crippen LogP) is 0.485. The molecule has 0 saturated carbocycles. The molecule has 0 fully saturated rings. The minimum Gasteiger partial charge on any atom is -0.480 e. The topological polar surface area (TPSA) is 92.4 Å². The Morgan fingerprint density at radius 1 is 1.40 bits per heavy atom. The van der Waals surface area contributed by atoms with Crippen LogP contribution in [-0.2, 0) is 9.59 Å². The maximum atomic E-state index is 11.2. The number of amides is 1. The number of carboxylic acids is 1. The first-order chi connectivity index (χ1) is 7.11. The molecule has 0 aromatic rings. The lowest BCUT2D eigenvalue weighted by atomic mass is 10.1. The van der Waals surface area contributed by atoms with E-state index in [0.717, 1.165) is 12.8 Å². The Kier molecular flexibility index (Phi) is 7.62. The van der Waals surface area contributed by atoms with Crippen molar-refractivity contribution in [2.45, 2.75) is 45.1 Å². The Morgan fingerprint density at radius 3 is 2.53 bits per heavy atom. The molecule has 0 aliphatic rings. The van der Waals surface area contributed by atoms with Gasteiger partial charge in [-0.2, -0.15) is 0 Å². The van der Waals surface area contributed by atoms with Gasteiger partial charge >= 0.3 is 5.97 Å². The predicted molar refractivity (Wildman–Crippen MR) is 57.4 cm³/mol. The SMILES string of the molecule is CCCC[C@H](NC(=O)CCCN)C(=O)O. The highest BCUT2D eigenvalue weighted by Gasteiger charge is 2.18. The van der Waals surface area contributed by atoms with Gasteiger partial charge in [-0.1, -0.05) is 19.8 Å². The number of hydrogen-bond acceptors (Lipinski definition) is 3. The van der Waals surface area contributed by atoms with E-state index in [-0.39, 0.29) is 5.91 Å². The maximum absolute atomic E-state index is 11.2. The molecule has 5 heteroatoms. The largest absolute Gasteiger partial charge is 0.480 e. The van der Waals surface area contributed by atoms with Crippen LogP contribution in [0.1, 0.15) is 39.0 Å². The van der Waals surface area contributed by atoms with Gasteiger partial charge in [0.25, 0.3) is 0 Å². The molecule has 0 spiro atoms. The van der Waals surface area contributed by atoms with Crippen LogP contribution in [0.5, 0.6) is 0 Å². The third-order valence-electron chi connectivity index (χ3n) is 2.09. The van der Waals surface area contributed by atoms with E-state index < -0.39 is 12.0 Å². The summed E-state index contributed by atoms with van der Waals surface area (Å²) in [4.78, 5) is 22.0. The van der Waals surface area contributed by atoms with Crippen molar-refractivity contribution in [3.05, 3.63) is 0 Å². The number of carbonyl (C=O) groups is 2. The van der Waals surface area contributed by atoms with E-state index in [2.05, 4.69) is 5.32 Å². The summed E-state index contributed by atoms with van der Waals surface area (Å²) in [7, 11) is 0. The van der Waals surface area contributed by atoms with Gasteiger partial charge in [0.2, 0.25) is 5.91 Å². The van der Waals surface area contributed by atoms with Crippen LogP contribution >= 0.6 is 0 Å². The molecular formula is C10H20N2O3. The summed E-state index contributed by atoms with van der Waals surface area (Å²) < 4.78 is 0. The van der Waals surface area contributed by atoms with Crippen molar-refractivity contribution in [2.24, 2.45) is 5.73 Å². The maximum Gasteiger partial charge on any atom is 0.326 e. The number of nitrogens with one attached hydrogen (secondary N) is 1. The zero-order chi connectivity index (χ0) is 11.7. The van der Waals surface area contributed by atoms with Crippen LogP contribution in [0, 0.1) is 0 Å². The van der Waals surface area contributed by atoms with Gasteiger partial charge in [-0.05, 0) is 19.4 Å². The van der Waals surface area contributed by atoms with Gasteiger partial charge in [-0.3, -0.25) is 4.79 Å². The highest BCUT2D eigenvalue weighted by atomic mass is 16.4. The molecule has 0 heterocycles. The fourth-order valence-corrected chi connectivity index (χ4v) is 1.19. The molecule has 1 atom stereocenters. The van der Waals surface area contributed by atoms with Crippen LogP contribution in [0.4, 0.5) is 0 Å². The van der Waals surface area contributed by atoms with Gasteiger partial charge in [0.15, 0.2) is 0 Å². The van der Waals surface area contributed by atoms with Gasteiger partial charge < -0.3 is 16.2 Å². The van der Waals surface area contributed by atoms with Crippen LogP contribution in [-0.4, -0.2) is 29.6 Å². The minimum absolute atomic E-state index is 0.232. The van der Waals surface area contributed by atoms with Crippen LogP contribution in [0.2, 0.25) is 0 Å². The summed E-state index contributed by atoms with van der Waals surface area (Å²) in [5.74, 6) is -1.20. The molecule has 0 aromatic carbocycles. The second-order valence-electron chi connectivity index (χ2n) is 3.49. The molecule has 0 aliphatic heterocycles. The molecule has 1 amide bonds. The van der Waals surface area contributed by atoms with E-state index in [1.807, 2.05) is 6.92 Å². The number of nitrogens with two attached hydrogens (primary N) is 1. The molecule has 0 saturated heterocycles. The zero-order valence-electron chi connectivity index (χ0n) is 9.16. The van der Waals surface area contributed by atoms with Crippen molar-refractivity contribution in [3.8, 4) is 0 Å². The normalized spacial score (nSPS) is 12.1. The summed E-state index contributed by atoms with van der Waals surface area (Å²) in [6, 6.07) is -0.754. The lowest BCUT2D eigenvalue weighted by molar-refractivity contribution is -0.142. The standard InChI is InChI=1S/C10H20N2O3/c1-2-3-5-8(10(14)15)12-9(13)6-4-7-11/h8H,2-7,11H2,1H3,(H,12,13)(H,14,15)/t8-/m0/s1. The van der Waals surface area contributed by atoms with Crippen molar-refractivity contribution in [1.29, 1.82) is 0 Å². The molecule has 0 aromatic heterocycles. The fourth-order valence-electron chi connectivity index (χ4n) is 1.19. The van der Waals surface area contributed by atoms with Crippen molar-refractivity contribution < 1.29 is 14.7 Å². The van der Waals surface area contributed by atoms with Crippen LogP contribution in [0.25, 0.3) is 0 Å². The average molecular weight is 216 g/mol. The van der Waals surface area contributed by atoms with Crippen LogP contribution in [0.3, 0.4) is 0 Å². The summed E-state index contributed by atoms with van der Waals surface area (Å²) in [6.45, 7) is 2.43. The van der Waals surface area contributed by atoms with E-state index in [4.69, 9.17) is 10.8 Å². The van der Waals surface area contributed by atoms with Crippen molar-refractivity contribution >= 4 is 11.9 Å². The molecular weight excluding hydrogens is 196 g/mol. The highest BCUT2D eigenvalue weighted by molar-refractivity contribution is 5.83. The van der Waals surface area contributed by atoms with E-state index in [0.29, 0.717) is 25.8 Å². The fraction of sp³-hybridized carbons (Fsp3) is 0.800. The molecule has 4 N–H and O–H groups in total. The molecule has 0 rings (SSSR count). The first-order valence-electron chi connectivity index (χ1n) is 5.34.